The number of amides is 2. The third kappa shape index (κ3) is 4.42. The summed E-state index contributed by atoms with van der Waals surface area (Å²) in [5, 5.41) is 12.0. The van der Waals surface area contributed by atoms with E-state index in [9.17, 15) is 4.79 Å². The SMILES string of the molecule is Cc1c2c(nn1[C@@H]1CCNC(C)(C)C1)-c1ccccc1OC21CCN(C(=O)NCC2CC2)CC1.Cl. The van der Waals surface area contributed by atoms with Crippen molar-refractivity contribution in [2.24, 2.45) is 5.92 Å². The van der Waals surface area contributed by atoms with Crippen LogP contribution >= 0.6 is 12.4 Å². The van der Waals surface area contributed by atoms with Gasteiger partial charge in [-0.3, -0.25) is 4.68 Å². The van der Waals surface area contributed by atoms with E-state index in [1.807, 2.05) is 11.0 Å². The van der Waals surface area contributed by atoms with Gasteiger partial charge in [0.2, 0.25) is 0 Å². The highest BCUT2D eigenvalue weighted by Crippen LogP contribution is 2.51. The quantitative estimate of drug-likeness (QED) is 0.637. The minimum Gasteiger partial charge on any atom is -0.482 e. The Hall–Kier alpha value is -2.25. The summed E-state index contributed by atoms with van der Waals surface area (Å²) in [6.45, 7) is 9.99. The lowest BCUT2D eigenvalue weighted by atomic mass is 9.79. The van der Waals surface area contributed by atoms with Crippen molar-refractivity contribution >= 4 is 18.4 Å². The Labute approximate surface area is 214 Å². The van der Waals surface area contributed by atoms with Gasteiger partial charge in [-0.05, 0) is 71.0 Å². The third-order valence-corrected chi connectivity index (χ3v) is 8.32. The lowest BCUT2D eigenvalue weighted by molar-refractivity contribution is 0.00447. The molecule has 35 heavy (non-hydrogen) atoms. The number of benzene rings is 1. The average molecular weight is 500 g/mol. The minimum atomic E-state index is -0.429. The van der Waals surface area contributed by atoms with Gasteiger partial charge in [-0.1, -0.05) is 12.1 Å². The number of hydrogen-bond acceptors (Lipinski definition) is 4. The topological polar surface area (TPSA) is 71.4 Å². The maximum atomic E-state index is 12.7. The van der Waals surface area contributed by atoms with E-state index in [0.29, 0.717) is 25.0 Å². The first kappa shape index (κ1) is 24.4. The molecular weight excluding hydrogens is 462 g/mol. The monoisotopic (exact) mass is 499 g/mol. The number of halogens is 1. The second-order valence-electron chi connectivity index (χ2n) is 11.4. The molecule has 3 fully saturated rings. The van der Waals surface area contributed by atoms with Gasteiger partial charge >= 0.3 is 6.03 Å². The molecule has 0 bridgehead atoms. The van der Waals surface area contributed by atoms with Gasteiger partial charge < -0.3 is 20.3 Å². The lowest BCUT2D eigenvalue weighted by Gasteiger charge is -2.44. The summed E-state index contributed by atoms with van der Waals surface area (Å²) in [6.07, 6.45) is 6.20. The Kier molecular flexibility index (Phi) is 6.29. The van der Waals surface area contributed by atoms with Crippen molar-refractivity contribution in [2.45, 2.75) is 76.5 Å². The highest BCUT2D eigenvalue weighted by atomic mass is 35.5. The van der Waals surface area contributed by atoms with Gasteiger partial charge in [-0.2, -0.15) is 5.10 Å². The molecule has 1 spiro atoms. The number of hydrogen-bond donors (Lipinski definition) is 2. The fourth-order valence-electron chi connectivity index (χ4n) is 6.26. The Morgan fingerprint density at radius 2 is 1.94 bits per heavy atom. The smallest absolute Gasteiger partial charge is 0.317 e. The normalized spacial score (nSPS) is 24.1. The van der Waals surface area contributed by atoms with Crippen LogP contribution in [0, 0.1) is 12.8 Å². The third-order valence-electron chi connectivity index (χ3n) is 8.32. The van der Waals surface area contributed by atoms with Crippen LogP contribution in [0.25, 0.3) is 11.3 Å². The lowest BCUT2D eigenvalue weighted by Crippen LogP contribution is -2.51. The first-order chi connectivity index (χ1) is 16.4. The van der Waals surface area contributed by atoms with Crippen LogP contribution in [0.2, 0.25) is 0 Å². The van der Waals surface area contributed by atoms with E-state index in [2.05, 4.69) is 54.3 Å². The standard InChI is InChI=1S/C27H37N5O2.ClH/c1-18-23-24(30-32(18)20-10-13-29-26(2,3)16-20)21-6-4-5-7-22(21)34-27(23)11-14-31(15-12-27)25(33)28-17-19-8-9-19;/h4-7,19-20,29H,8-17H2,1-3H3,(H,28,33);1H/t20-;/m1./s1. The summed E-state index contributed by atoms with van der Waals surface area (Å²) in [4.78, 5) is 14.7. The molecule has 7 nitrogen and oxygen atoms in total. The van der Waals surface area contributed by atoms with Crippen molar-refractivity contribution in [3.8, 4) is 17.0 Å². The number of ether oxygens (including phenoxy) is 1. The zero-order valence-corrected chi connectivity index (χ0v) is 21.9. The molecule has 4 aliphatic rings. The van der Waals surface area contributed by atoms with Crippen LogP contribution in [-0.4, -0.2) is 52.4 Å². The molecule has 1 aromatic carbocycles. The molecular formula is C27H38ClN5O2. The molecule has 4 heterocycles. The van der Waals surface area contributed by atoms with Crippen LogP contribution in [-0.2, 0) is 5.60 Å². The van der Waals surface area contributed by atoms with Gasteiger partial charge in [-0.25, -0.2) is 4.79 Å². The van der Waals surface area contributed by atoms with Crippen LogP contribution in [0.1, 0.15) is 69.7 Å². The van der Waals surface area contributed by atoms with Crippen molar-refractivity contribution in [3.63, 3.8) is 0 Å². The predicted molar refractivity (Wildman–Crippen MR) is 139 cm³/mol. The minimum absolute atomic E-state index is 0. The number of para-hydroxylation sites is 1. The Balaban J connectivity index is 0.00000253. The van der Waals surface area contributed by atoms with Crippen LogP contribution in [0.15, 0.2) is 24.3 Å². The Bertz CT molecular complexity index is 1100. The second kappa shape index (κ2) is 9.00. The molecule has 1 aliphatic carbocycles. The van der Waals surface area contributed by atoms with E-state index in [1.165, 1.54) is 24.1 Å². The van der Waals surface area contributed by atoms with Crippen molar-refractivity contribution in [3.05, 3.63) is 35.5 Å². The van der Waals surface area contributed by atoms with Crippen molar-refractivity contribution in [1.82, 2.24) is 25.3 Å². The number of nitrogens with zero attached hydrogens (tertiary/aromatic N) is 3. The van der Waals surface area contributed by atoms with Gasteiger partial charge in [0.05, 0.1) is 6.04 Å². The zero-order valence-electron chi connectivity index (χ0n) is 21.1. The molecule has 0 unspecified atom stereocenters. The average Bonchev–Trinajstić information content (AvgIpc) is 3.58. The summed E-state index contributed by atoms with van der Waals surface area (Å²) in [6, 6.07) is 8.75. The zero-order chi connectivity index (χ0) is 23.5. The van der Waals surface area contributed by atoms with Gasteiger partial charge in [-0.15, -0.1) is 12.4 Å². The molecule has 1 saturated carbocycles. The number of likely N-dealkylation sites (tertiary alicyclic amines) is 1. The predicted octanol–water partition coefficient (Wildman–Crippen LogP) is 4.79. The van der Waals surface area contributed by atoms with E-state index in [4.69, 9.17) is 9.84 Å². The van der Waals surface area contributed by atoms with Crippen LogP contribution in [0.3, 0.4) is 0 Å². The number of urea groups is 1. The van der Waals surface area contributed by atoms with E-state index >= 15 is 0 Å². The molecule has 1 aromatic heterocycles. The van der Waals surface area contributed by atoms with Crippen LogP contribution in [0.4, 0.5) is 4.79 Å². The van der Waals surface area contributed by atoms with Gasteiger partial charge in [0.1, 0.15) is 17.0 Å². The first-order valence-electron chi connectivity index (χ1n) is 13.0. The number of piperidine rings is 2. The van der Waals surface area contributed by atoms with E-state index in [-0.39, 0.29) is 24.0 Å². The molecule has 1 atom stereocenters. The number of carbonyl (C=O) groups is 1. The summed E-state index contributed by atoms with van der Waals surface area (Å²) < 4.78 is 9.11. The fourth-order valence-corrected chi connectivity index (χ4v) is 6.26. The number of fused-ring (bicyclic) bond motifs is 4. The van der Waals surface area contributed by atoms with E-state index in [1.54, 1.807) is 0 Å². The van der Waals surface area contributed by atoms with Crippen LogP contribution < -0.4 is 15.4 Å². The highest BCUT2D eigenvalue weighted by Gasteiger charge is 2.48. The molecule has 3 aliphatic heterocycles. The second-order valence-corrected chi connectivity index (χ2v) is 11.4. The maximum Gasteiger partial charge on any atom is 0.317 e. The fraction of sp³-hybridized carbons (Fsp3) is 0.630. The molecule has 190 valence electrons. The molecule has 2 N–H and O–H groups in total. The van der Waals surface area contributed by atoms with Crippen LogP contribution in [0.5, 0.6) is 5.75 Å². The Morgan fingerprint density at radius 3 is 2.66 bits per heavy atom. The summed E-state index contributed by atoms with van der Waals surface area (Å²) in [5.74, 6) is 1.60. The number of rotatable bonds is 3. The van der Waals surface area contributed by atoms with Gasteiger partial charge in [0.25, 0.3) is 0 Å². The number of carbonyl (C=O) groups excluding carboxylic acids is 1. The highest BCUT2D eigenvalue weighted by molar-refractivity contribution is 5.85. The number of nitrogens with one attached hydrogen (secondary N) is 2. The van der Waals surface area contributed by atoms with E-state index in [0.717, 1.165) is 55.8 Å². The molecule has 2 amide bonds. The number of aromatic nitrogens is 2. The molecule has 8 heteroatoms. The summed E-state index contributed by atoms with van der Waals surface area (Å²) in [7, 11) is 0. The molecule has 2 aromatic rings. The van der Waals surface area contributed by atoms with Gasteiger partial charge in [0, 0.05) is 54.8 Å². The molecule has 6 rings (SSSR count). The van der Waals surface area contributed by atoms with E-state index < -0.39 is 5.60 Å². The summed E-state index contributed by atoms with van der Waals surface area (Å²) >= 11 is 0. The largest absolute Gasteiger partial charge is 0.482 e. The molecule has 2 saturated heterocycles. The van der Waals surface area contributed by atoms with Crippen molar-refractivity contribution < 1.29 is 9.53 Å². The molecule has 0 radical (unpaired) electrons. The maximum absolute atomic E-state index is 12.7. The van der Waals surface area contributed by atoms with Crippen molar-refractivity contribution in [2.75, 3.05) is 26.2 Å². The summed E-state index contributed by atoms with van der Waals surface area (Å²) in [5.41, 5.74) is 4.29. The van der Waals surface area contributed by atoms with Gasteiger partial charge in [0.15, 0.2) is 0 Å². The first-order valence-corrected chi connectivity index (χ1v) is 13.0. The Morgan fingerprint density at radius 1 is 1.20 bits per heavy atom. The van der Waals surface area contributed by atoms with Crippen molar-refractivity contribution in [1.29, 1.82) is 0 Å².